The van der Waals surface area contributed by atoms with Gasteiger partial charge in [0.25, 0.3) is 0 Å². The normalized spacial score (nSPS) is 15.1. The molecule has 2 atom stereocenters. The molecule has 5 heteroatoms. The van der Waals surface area contributed by atoms with Gasteiger partial charge in [0.1, 0.15) is 0 Å². The molecule has 0 aliphatic rings. The number of nitriles is 1. The Morgan fingerprint density at radius 1 is 1.41 bits per heavy atom. The summed E-state index contributed by atoms with van der Waals surface area (Å²) in [6.07, 6.45) is -5.08. The summed E-state index contributed by atoms with van der Waals surface area (Å²) in [5.74, 6) is -0.928. The van der Waals surface area contributed by atoms with Crippen LogP contribution in [0.1, 0.15) is 30.4 Å². The zero-order chi connectivity index (χ0) is 13.1. The van der Waals surface area contributed by atoms with E-state index in [0.29, 0.717) is 6.42 Å². The molecule has 1 aromatic carbocycles. The first-order chi connectivity index (χ1) is 7.90. The Balaban J connectivity index is 3.11. The Kier molecular flexibility index (Phi) is 4.13. The number of halogens is 3. The van der Waals surface area contributed by atoms with E-state index in [1.165, 1.54) is 12.1 Å². The number of hydrogen-bond acceptors (Lipinski definition) is 2. The van der Waals surface area contributed by atoms with E-state index < -0.39 is 23.8 Å². The largest absolute Gasteiger partial charge is 0.416 e. The molecule has 0 saturated carbocycles. The maximum Gasteiger partial charge on any atom is 0.416 e. The van der Waals surface area contributed by atoms with E-state index in [1.54, 1.807) is 6.92 Å². The molecule has 2 unspecified atom stereocenters. The highest BCUT2D eigenvalue weighted by Gasteiger charge is 2.31. The predicted molar refractivity (Wildman–Crippen MR) is 56.1 cm³/mol. The van der Waals surface area contributed by atoms with E-state index >= 15 is 0 Å². The van der Waals surface area contributed by atoms with Crippen LogP contribution >= 0.6 is 0 Å². The second kappa shape index (κ2) is 5.19. The summed E-state index contributed by atoms with van der Waals surface area (Å²) in [6.45, 7) is 1.67. The molecule has 0 spiro atoms. The van der Waals surface area contributed by atoms with Crippen molar-refractivity contribution in [2.45, 2.75) is 31.5 Å². The molecule has 1 aromatic rings. The smallest absolute Gasteiger partial charge is 0.391 e. The van der Waals surface area contributed by atoms with Crippen LogP contribution in [0.15, 0.2) is 24.3 Å². The van der Waals surface area contributed by atoms with Gasteiger partial charge >= 0.3 is 6.18 Å². The highest BCUT2D eigenvalue weighted by molar-refractivity contribution is 5.32. The number of rotatable bonds is 3. The van der Waals surface area contributed by atoms with E-state index in [4.69, 9.17) is 5.26 Å². The average molecular weight is 243 g/mol. The molecule has 0 aliphatic carbocycles. The summed E-state index contributed by atoms with van der Waals surface area (Å²) in [5, 5.41) is 18.4. The fourth-order valence-electron chi connectivity index (χ4n) is 1.53. The highest BCUT2D eigenvalue weighted by atomic mass is 19.4. The SMILES string of the molecule is CCC(O)C(C#N)c1cccc(C(F)(F)F)c1. The van der Waals surface area contributed by atoms with Gasteiger partial charge in [-0.05, 0) is 18.1 Å². The van der Waals surface area contributed by atoms with Crippen LogP contribution in [0.5, 0.6) is 0 Å². The first-order valence-electron chi connectivity index (χ1n) is 5.15. The molecule has 0 heterocycles. The Hall–Kier alpha value is -1.54. The third-order valence-corrected chi connectivity index (χ3v) is 2.52. The van der Waals surface area contributed by atoms with Gasteiger partial charge in [0, 0.05) is 0 Å². The maximum atomic E-state index is 12.5. The predicted octanol–water partition coefficient (Wildman–Crippen LogP) is 3.08. The standard InChI is InChI=1S/C12H12F3NO/c1-2-11(17)10(7-16)8-4-3-5-9(6-8)12(13,14)15/h3-6,10-11,17H,2H2,1H3. The number of hydrogen-bond donors (Lipinski definition) is 1. The Bertz CT molecular complexity index is 422. The molecule has 0 amide bonds. The van der Waals surface area contributed by atoms with Crippen molar-refractivity contribution >= 4 is 0 Å². The van der Waals surface area contributed by atoms with E-state index in [-0.39, 0.29) is 5.56 Å². The molecular weight excluding hydrogens is 231 g/mol. The number of benzene rings is 1. The summed E-state index contributed by atoms with van der Waals surface area (Å²) in [6, 6.07) is 6.34. The third-order valence-electron chi connectivity index (χ3n) is 2.52. The van der Waals surface area contributed by atoms with Crippen molar-refractivity contribution in [3.8, 4) is 6.07 Å². The highest BCUT2D eigenvalue weighted by Crippen LogP contribution is 2.31. The zero-order valence-electron chi connectivity index (χ0n) is 9.20. The summed E-state index contributed by atoms with van der Waals surface area (Å²) < 4.78 is 37.4. The Labute approximate surface area is 97.3 Å². The minimum Gasteiger partial charge on any atom is -0.391 e. The lowest BCUT2D eigenvalue weighted by Crippen LogP contribution is -2.16. The molecule has 0 aromatic heterocycles. The van der Waals surface area contributed by atoms with Crippen LogP contribution < -0.4 is 0 Å². The van der Waals surface area contributed by atoms with Crippen LogP contribution in [0.2, 0.25) is 0 Å². The molecule has 0 fully saturated rings. The lowest BCUT2D eigenvalue weighted by molar-refractivity contribution is -0.137. The molecule has 2 nitrogen and oxygen atoms in total. The molecule has 92 valence electrons. The summed E-state index contributed by atoms with van der Waals surface area (Å²) >= 11 is 0. The van der Waals surface area contributed by atoms with Crippen molar-refractivity contribution in [3.63, 3.8) is 0 Å². The molecule has 17 heavy (non-hydrogen) atoms. The fourth-order valence-corrected chi connectivity index (χ4v) is 1.53. The van der Waals surface area contributed by atoms with Crippen molar-refractivity contribution < 1.29 is 18.3 Å². The first-order valence-corrected chi connectivity index (χ1v) is 5.15. The van der Waals surface area contributed by atoms with Crippen molar-refractivity contribution in [3.05, 3.63) is 35.4 Å². The molecule has 0 aliphatic heterocycles. The van der Waals surface area contributed by atoms with Crippen molar-refractivity contribution in [2.75, 3.05) is 0 Å². The van der Waals surface area contributed by atoms with E-state index in [2.05, 4.69) is 0 Å². The minimum atomic E-state index is -4.44. The molecule has 0 radical (unpaired) electrons. The number of alkyl halides is 3. The van der Waals surface area contributed by atoms with Gasteiger partial charge in [-0.2, -0.15) is 18.4 Å². The van der Waals surface area contributed by atoms with Crippen LogP contribution in [0.25, 0.3) is 0 Å². The zero-order valence-corrected chi connectivity index (χ0v) is 9.20. The van der Waals surface area contributed by atoms with E-state index in [1.807, 2.05) is 6.07 Å². The Morgan fingerprint density at radius 3 is 2.53 bits per heavy atom. The van der Waals surface area contributed by atoms with E-state index in [9.17, 15) is 18.3 Å². The maximum absolute atomic E-state index is 12.5. The Morgan fingerprint density at radius 2 is 2.06 bits per heavy atom. The van der Waals surface area contributed by atoms with Crippen LogP contribution in [-0.4, -0.2) is 11.2 Å². The van der Waals surface area contributed by atoms with Crippen molar-refractivity contribution in [2.24, 2.45) is 0 Å². The van der Waals surface area contributed by atoms with Crippen LogP contribution in [0, 0.1) is 11.3 Å². The molecule has 1 N–H and O–H groups in total. The van der Waals surface area contributed by atoms with E-state index in [0.717, 1.165) is 12.1 Å². The lowest BCUT2D eigenvalue weighted by atomic mass is 9.92. The molecular formula is C12H12F3NO. The van der Waals surface area contributed by atoms with Gasteiger partial charge in [-0.3, -0.25) is 0 Å². The van der Waals surface area contributed by atoms with Crippen LogP contribution in [0.3, 0.4) is 0 Å². The number of aliphatic hydroxyl groups excluding tert-OH is 1. The molecule has 1 rings (SSSR count). The average Bonchev–Trinajstić information content (AvgIpc) is 2.29. The van der Waals surface area contributed by atoms with Gasteiger partial charge in [-0.15, -0.1) is 0 Å². The first kappa shape index (κ1) is 13.5. The minimum absolute atomic E-state index is 0.191. The molecule has 0 bridgehead atoms. The summed E-state index contributed by atoms with van der Waals surface area (Å²) in [7, 11) is 0. The van der Waals surface area contributed by atoms with Gasteiger partial charge in [-0.25, -0.2) is 0 Å². The number of aliphatic hydroxyl groups is 1. The monoisotopic (exact) mass is 243 g/mol. The quantitative estimate of drug-likeness (QED) is 0.886. The molecule has 0 saturated heterocycles. The van der Waals surface area contributed by atoms with Gasteiger partial charge in [0.15, 0.2) is 0 Å². The van der Waals surface area contributed by atoms with Crippen LogP contribution in [-0.2, 0) is 6.18 Å². The number of nitrogens with zero attached hydrogens (tertiary/aromatic N) is 1. The van der Waals surface area contributed by atoms with Gasteiger partial charge in [-0.1, -0.05) is 25.1 Å². The summed E-state index contributed by atoms with van der Waals surface area (Å²) in [4.78, 5) is 0. The summed E-state index contributed by atoms with van der Waals surface area (Å²) in [5.41, 5.74) is -0.616. The van der Waals surface area contributed by atoms with Gasteiger partial charge < -0.3 is 5.11 Å². The van der Waals surface area contributed by atoms with Gasteiger partial charge in [0.05, 0.1) is 23.7 Å². The second-order valence-corrected chi connectivity index (χ2v) is 3.71. The van der Waals surface area contributed by atoms with Crippen LogP contribution in [0.4, 0.5) is 13.2 Å². The van der Waals surface area contributed by atoms with Gasteiger partial charge in [0.2, 0.25) is 0 Å². The van der Waals surface area contributed by atoms with Crippen molar-refractivity contribution in [1.82, 2.24) is 0 Å². The van der Waals surface area contributed by atoms with Crippen molar-refractivity contribution in [1.29, 1.82) is 5.26 Å². The fraction of sp³-hybridized carbons (Fsp3) is 0.417. The lowest BCUT2D eigenvalue weighted by Gasteiger charge is -2.16. The topological polar surface area (TPSA) is 44.0 Å². The second-order valence-electron chi connectivity index (χ2n) is 3.71. The third kappa shape index (κ3) is 3.21.